The van der Waals surface area contributed by atoms with Crippen molar-refractivity contribution in [3.63, 3.8) is 0 Å². The molecule has 2 aromatic rings. The second-order valence-electron chi connectivity index (χ2n) is 7.66. The number of hydrogen-bond acceptors (Lipinski definition) is 2. The van der Waals surface area contributed by atoms with E-state index in [9.17, 15) is 0 Å². The molecule has 2 aliphatic rings. The third-order valence-electron chi connectivity index (χ3n) is 5.16. The first kappa shape index (κ1) is 14.4. The zero-order valence-corrected chi connectivity index (χ0v) is 14.6. The van der Waals surface area contributed by atoms with Crippen LogP contribution in [0.15, 0.2) is 54.6 Å². The summed E-state index contributed by atoms with van der Waals surface area (Å²) in [4.78, 5) is 5.05. The monoisotopic (exact) mass is 304 g/mol. The van der Waals surface area contributed by atoms with Crippen LogP contribution in [0.25, 0.3) is 5.57 Å². The minimum Gasteiger partial charge on any atom is -0.338 e. The molecule has 0 bridgehead atoms. The van der Waals surface area contributed by atoms with Crippen molar-refractivity contribution in [2.75, 3.05) is 9.80 Å². The summed E-state index contributed by atoms with van der Waals surface area (Å²) in [6, 6.07) is 17.4. The number of rotatable bonds is 1. The topological polar surface area (TPSA) is 6.48 Å². The Balaban J connectivity index is 2.03. The molecule has 0 aromatic heterocycles. The van der Waals surface area contributed by atoms with Gasteiger partial charge in [0.15, 0.2) is 0 Å². The van der Waals surface area contributed by atoms with Crippen LogP contribution in [0.2, 0.25) is 0 Å². The second-order valence-corrected chi connectivity index (χ2v) is 7.66. The maximum atomic E-state index is 2.57. The van der Waals surface area contributed by atoms with Gasteiger partial charge in [0.2, 0.25) is 0 Å². The zero-order chi connectivity index (χ0) is 16.4. The Hall–Kier alpha value is -2.22. The first-order chi connectivity index (χ1) is 10.8. The average Bonchev–Trinajstić information content (AvgIpc) is 2.73. The van der Waals surface area contributed by atoms with Crippen LogP contribution in [0.1, 0.15) is 40.2 Å². The maximum Gasteiger partial charge on any atom is 0.113 e. The molecular formula is C21H24N2. The van der Waals surface area contributed by atoms with Crippen LogP contribution in [-0.4, -0.2) is 11.2 Å². The van der Waals surface area contributed by atoms with E-state index in [1.807, 2.05) is 0 Å². The highest BCUT2D eigenvalue weighted by molar-refractivity contribution is 5.96. The summed E-state index contributed by atoms with van der Waals surface area (Å²) in [6.45, 7) is 11.5. The highest BCUT2D eigenvalue weighted by Crippen LogP contribution is 2.56. The van der Waals surface area contributed by atoms with Gasteiger partial charge in [-0.15, -0.1) is 0 Å². The molecule has 118 valence electrons. The molecule has 2 aromatic carbocycles. The van der Waals surface area contributed by atoms with E-state index in [1.54, 1.807) is 0 Å². The lowest BCUT2D eigenvalue weighted by Crippen LogP contribution is -2.59. The van der Waals surface area contributed by atoms with Crippen LogP contribution in [0.3, 0.4) is 0 Å². The number of nitrogens with zero attached hydrogens (tertiary/aromatic N) is 2. The van der Waals surface area contributed by atoms with Gasteiger partial charge < -0.3 is 9.80 Å². The van der Waals surface area contributed by atoms with Gasteiger partial charge in [0.05, 0.1) is 16.9 Å². The Kier molecular flexibility index (Phi) is 2.76. The molecule has 0 aliphatic carbocycles. The molecular weight excluding hydrogens is 280 g/mol. The van der Waals surface area contributed by atoms with Crippen molar-refractivity contribution in [2.45, 2.75) is 45.8 Å². The summed E-state index contributed by atoms with van der Waals surface area (Å²) in [5.41, 5.74) is 6.50. The molecule has 23 heavy (non-hydrogen) atoms. The molecule has 2 nitrogen and oxygen atoms in total. The van der Waals surface area contributed by atoms with E-state index in [0.717, 1.165) is 0 Å². The first-order valence-corrected chi connectivity index (χ1v) is 8.32. The maximum absolute atomic E-state index is 2.57. The number of hydrogen-bond donors (Lipinski definition) is 0. The van der Waals surface area contributed by atoms with Crippen molar-refractivity contribution in [3.8, 4) is 0 Å². The van der Waals surface area contributed by atoms with E-state index in [0.29, 0.717) is 0 Å². The van der Waals surface area contributed by atoms with Gasteiger partial charge in [-0.2, -0.15) is 0 Å². The molecule has 2 heteroatoms. The van der Waals surface area contributed by atoms with Crippen LogP contribution in [0.4, 0.5) is 17.1 Å². The van der Waals surface area contributed by atoms with E-state index in [-0.39, 0.29) is 11.2 Å². The summed E-state index contributed by atoms with van der Waals surface area (Å²) in [6.07, 6.45) is 2.40. The normalized spacial score (nSPS) is 20.3. The molecule has 0 saturated heterocycles. The molecule has 0 amide bonds. The minimum atomic E-state index is -0.125. The van der Waals surface area contributed by atoms with Crippen molar-refractivity contribution in [1.29, 1.82) is 0 Å². The largest absolute Gasteiger partial charge is 0.338 e. The van der Waals surface area contributed by atoms with Gasteiger partial charge in [-0.1, -0.05) is 36.4 Å². The molecule has 0 atom stereocenters. The SMILES string of the molecule is CC1=CC(C)(C)N2c3c1cccc3N(c1ccccc1)C2(C)C. The standard InChI is InChI=1S/C21H24N2/c1-15-14-20(2,3)23-19-17(15)12-9-13-18(19)22(21(23,4)5)16-10-7-6-8-11-16/h6-14H,1-5H3. The average molecular weight is 304 g/mol. The van der Waals surface area contributed by atoms with Gasteiger partial charge in [0.1, 0.15) is 5.66 Å². The summed E-state index contributed by atoms with van der Waals surface area (Å²) < 4.78 is 0. The Bertz CT molecular complexity index is 800. The van der Waals surface area contributed by atoms with Crippen LogP contribution >= 0.6 is 0 Å². The molecule has 0 radical (unpaired) electrons. The van der Waals surface area contributed by atoms with E-state index < -0.39 is 0 Å². The van der Waals surface area contributed by atoms with E-state index >= 15 is 0 Å². The molecule has 0 N–H and O–H groups in total. The third-order valence-corrected chi connectivity index (χ3v) is 5.16. The van der Waals surface area contributed by atoms with Crippen molar-refractivity contribution in [1.82, 2.24) is 0 Å². The quantitative estimate of drug-likeness (QED) is 0.679. The summed E-state index contributed by atoms with van der Waals surface area (Å²) >= 11 is 0. The van der Waals surface area contributed by atoms with Gasteiger partial charge in [0.25, 0.3) is 0 Å². The smallest absolute Gasteiger partial charge is 0.113 e. The number of anilines is 3. The molecule has 2 heterocycles. The highest BCUT2D eigenvalue weighted by atomic mass is 15.5. The lowest BCUT2D eigenvalue weighted by Gasteiger charge is -2.49. The van der Waals surface area contributed by atoms with Crippen molar-refractivity contribution < 1.29 is 0 Å². The molecule has 0 fully saturated rings. The molecule has 0 unspecified atom stereocenters. The highest BCUT2D eigenvalue weighted by Gasteiger charge is 2.51. The third kappa shape index (κ3) is 1.81. The minimum absolute atomic E-state index is 0.0137. The molecule has 0 saturated carbocycles. The number of para-hydroxylation sites is 2. The Morgan fingerprint density at radius 1 is 0.826 bits per heavy atom. The number of allylic oxidation sites excluding steroid dienone is 1. The van der Waals surface area contributed by atoms with Gasteiger partial charge in [-0.05, 0) is 58.4 Å². The van der Waals surface area contributed by atoms with Gasteiger partial charge in [-0.3, -0.25) is 0 Å². The summed E-state index contributed by atoms with van der Waals surface area (Å²) in [7, 11) is 0. The predicted octanol–water partition coefficient (Wildman–Crippen LogP) is 5.58. The fourth-order valence-electron chi connectivity index (χ4n) is 4.63. The van der Waals surface area contributed by atoms with Gasteiger partial charge >= 0.3 is 0 Å². The second kappa shape index (κ2) is 4.41. The van der Waals surface area contributed by atoms with Crippen LogP contribution in [0.5, 0.6) is 0 Å². The fraction of sp³-hybridized carbons (Fsp3) is 0.333. The van der Waals surface area contributed by atoms with Crippen molar-refractivity contribution >= 4 is 22.6 Å². The Morgan fingerprint density at radius 3 is 2.22 bits per heavy atom. The first-order valence-electron chi connectivity index (χ1n) is 8.32. The molecule has 2 aliphatic heterocycles. The summed E-state index contributed by atoms with van der Waals surface area (Å²) in [5.74, 6) is 0. The van der Waals surface area contributed by atoms with Crippen LogP contribution < -0.4 is 9.80 Å². The van der Waals surface area contributed by atoms with Crippen LogP contribution in [0, 0.1) is 0 Å². The molecule has 0 spiro atoms. The lowest BCUT2D eigenvalue weighted by molar-refractivity contribution is 0.405. The number of benzene rings is 2. The fourth-order valence-corrected chi connectivity index (χ4v) is 4.63. The summed E-state index contributed by atoms with van der Waals surface area (Å²) in [5, 5.41) is 0. The predicted molar refractivity (Wildman–Crippen MR) is 99.3 cm³/mol. The van der Waals surface area contributed by atoms with Gasteiger partial charge in [-0.25, -0.2) is 0 Å². The Morgan fingerprint density at radius 2 is 1.52 bits per heavy atom. The lowest BCUT2D eigenvalue weighted by atomic mass is 9.87. The van der Waals surface area contributed by atoms with E-state index in [4.69, 9.17) is 0 Å². The van der Waals surface area contributed by atoms with E-state index in [2.05, 4.69) is 99.0 Å². The zero-order valence-electron chi connectivity index (χ0n) is 14.6. The molecule has 4 rings (SSSR count). The Labute approximate surface area is 139 Å². The van der Waals surface area contributed by atoms with Crippen LogP contribution in [-0.2, 0) is 0 Å². The van der Waals surface area contributed by atoms with E-state index in [1.165, 1.54) is 28.2 Å². The van der Waals surface area contributed by atoms with Gasteiger partial charge in [0, 0.05) is 11.3 Å². The van der Waals surface area contributed by atoms with Crippen molar-refractivity contribution in [3.05, 3.63) is 60.2 Å². The van der Waals surface area contributed by atoms with Crippen molar-refractivity contribution in [2.24, 2.45) is 0 Å².